The van der Waals surface area contributed by atoms with Gasteiger partial charge in [-0.1, -0.05) is 13.8 Å². The molecule has 0 bridgehead atoms. The molecule has 2 N–H and O–H groups in total. The molecule has 1 aromatic heterocycles. The van der Waals surface area contributed by atoms with E-state index in [0.717, 1.165) is 24.9 Å². The van der Waals surface area contributed by atoms with Crippen LogP contribution in [-0.4, -0.2) is 22.5 Å². The molecule has 0 aliphatic rings. The lowest BCUT2D eigenvalue weighted by Gasteiger charge is -2.35. The molecule has 1 rings (SSSR count). The quantitative estimate of drug-likeness (QED) is 0.806. The van der Waals surface area contributed by atoms with E-state index in [9.17, 15) is 0 Å². The minimum absolute atomic E-state index is 0.118. The Morgan fingerprint density at radius 2 is 2.06 bits per heavy atom. The summed E-state index contributed by atoms with van der Waals surface area (Å²) in [4.78, 5) is 0. The van der Waals surface area contributed by atoms with Gasteiger partial charge in [-0.3, -0.25) is 4.68 Å². The molecule has 1 unspecified atom stereocenters. The molecule has 0 aromatic carbocycles. The van der Waals surface area contributed by atoms with Gasteiger partial charge in [-0.2, -0.15) is 5.10 Å². The third-order valence-corrected chi connectivity index (χ3v) is 3.51. The van der Waals surface area contributed by atoms with Crippen LogP contribution in [0.2, 0.25) is 0 Å². The third-order valence-electron chi connectivity index (χ3n) is 3.51. The molecule has 0 fully saturated rings. The second kappa shape index (κ2) is 5.46. The summed E-state index contributed by atoms with van der Waals surface area (Å²) in [6.45, 7) is 7.14. The number of aromatic nitrogens is 2. The zero-order valence-electron chi connectivity index (χ0n) is 10.7. The van der Waals surface area contributed by atoms with Crippen LogP contribution < -0.4 is 5.73 Å². The van der Waals surface area contributed by atoms with E-state index in [4.69, 9.17) is 10.5 Å². The molecule has 1 heterocycles. The number of hydrogen-bond acceptors (Lipinski definition) is 3. The van der Waals surface area contributed by atoms with Crippen LogP contribution in [0.15, 0.2) is 12.4 Å². The number of nitrogens with zero attached hydrogens (tertiary/aromatic N) is 2. The first-order chi connectivity index (χ1) is 7.63. The van der Waals surface area contributed by atoms with Gasteiger partial charge in [0, 0.05) is 25.4 Å². The lowest BCUT2D eigenvalue weighted by atomic mass is 9.85. The van der Waals surface area contributed by atoms with Crippen LogP contribution in [0.4, 0.5) is 0 Å². The molecular formula is C12H23N3O. The molecule has 0 saturated heterocycles. The number of ether oxygens (including phenoxy) is 1. The minimum atomic E-state index is -0.276. The van der Waals surface area contributed by atoms with Gasteiger partial charge in [-0.25, -0.2) is 0 Å². The summed E-state index contributed by atoms with van der Waals surface area (Å²) in [7, 11) is 1.73. The summed E-state index contributed by atoms with van der Waals surface area (Å²) in [6.07, 6.45) is 5.65. The summed E-state index contributed by atoms with van der Waals surface area (Å²) in [5.41, 5.74) is 7.07. The van der Waals surface area contributed by atoms with Crippen molar-refractivity contribution in [1.29, 1.82) is 0 Å². The average Bonchev–Trinajstić information content (AvgIpc) is 2.80. The number of methoxy groups -OCH3 is 1. The maximum atomic E-state index is 6.30. The van der Waals surface area contributed by atoms with Crippen molar-refractivity contribution in [3.05, 3.63) is 18.0 Å². The molecule has 0 saturated carbocycles. The molecule has 1 aromatic rings. The summed E-state index contributed by atoms with van der Waals surface area (Å²) in [5, 5.41) is 4.25. The summed E-state index contributed by atoms with van der Waals surface area (Å²) in [5.74, 6) is 0. The van der Waals surface area contributed by atoms with Gasteiger partial charge in [-0.15, -0.1) is 0 Å². The van der Waals surface area contributed by atoms with E-state index < -0.39 is 0 Å². The molecule has 92 valence electrons. The van der Waals surface area contributed by atoms with Crippen molar-refractivity contribution in [2.75, 3.05) is 7.11 Å². The highest BCUT2D eigenvalue weighted by molar-refractivity contribution is 5.15. The Bertz CT molecular complexity index is 310. The smallest absolute Gasteiger partial charge is 0.0866 e. The highest BCUT2D eigenvalue weighted by Crippen LogP contribution is 2.32. The summed E-state index contributed by atoms with van der Waals surface area (Å²) >= 11 is 0. The highest BCUT2D eigenvalue weighted by atomic mass is 16.5. The van der Waals surface area contributed by atoms with Gasteiger partial charge in [0.15, 0.2) is 0 Å². The number of nitrogens with two attached hydrogens (primary N) is 1. The normalized spacial score (nSPS) is 14.1. The predicted molar refractivity (Wildman–Crippen MR) is 65.2 cm³/mol. The maximum absolute atomic E-state index is 6.30. The fourth-order valence-corrected chi connectivity index (χ4v) is 2.12. The maximum Gasteiger partial charge on any atom is 0.0866 e. The van der Waals surface area contributed by atoms with E-state index in [1.54, 1.807) is 7.11 Å². The molecule has 0 radical (unpaired) electrons. The molecule has 16 heavy (non-hydrogen) atoms. The Kier molecular flexibility index (Phi) is 4.50. The zero-order chi connectivity index (χ0) is 12.2. The first-order valence-corrected chi connectivity index (χ1v) is 5.96. The van der Waals surface area contributed by atoms with E-state index >= 15 is 0 Å². The van der Waals surface area contributed by atoms with Gasteiger partial charge >= 0.3 is 0 Å². The van der Waals surface area contributed by atoms with E-state index in [-0.39, 0.29) is 11.6 Å². The minimum Gasteiger partial charge on any atom is -0.376 e. The molecule has 0 amide bonds. The predicted octanol–water partition coefficient (Wildman–Crippen LogP) is 2.11. The van der Waals surface area contributed by atoms with Crippen molar-refractivity contribution in [3.8, 4) is 0 Å². The van der Waals surface area contributed by atoms with Crippen LogP contribution in [0.3, 0.4) is 0 Å². The van der Waals surface area contributed by atoms with Crippen LogP contribution in [0.1, 0.15) is 45.2 Å². The molecule has 4 heteroatoms. The molecule has 1 atom stereocenters. The van der Waals surface area contributed by atoms with Crippen molar-refractivity contribution in [1.82, 2.24) is 9.78 Å². The Labute approximate surface area is 97.8 Å². The molecule has 0 spiro atoms. The lowest BCUT2D eigenvalue weighted by molar-refractivity contribution is -0.0385. The first kappa shape index (κ1) is 13.2. The second-order valence-electron chi connectivity index (χ2n) is 4.08. The highest BCUT2D eigenvalue weighted by Gasteiger charge is 2.34. The Morgan fingerprint density at radius 3 is 2.44 bits per heavy atom. The molecule has 0 aliphatic carbocycles. The topological polar surface area (TPSA) is 53.1 Å². The standard InChI is InChI=1S/C12H23N3O/c1-5-12(6-2,16-4)11(13)10-8-14-15(7-3)9-10/h8-9,11H,5-7,13H2,1-4H3. The summed E-state index contributed by atoms with van der Waals surface area (Å²) in [6, 6.07) is -0.118. The Morgan fingerprint density at radius 1 is 1.44 bits per heavy atom. The molecule has 0 aliphatic heterocycles. The average molecular weight is 225 g/mol. The van der Waals surface area contributed by atoms with Crippen molar-refractivity contribution >= 4 is 0 Å². The lowest BCUT2D eigenvalue weighted by Crippen LogP contribution is -2.41. The van der Waals surface area contributed by atoms with Crippen LogP contribution in [0.5, 0.6) is 0 Å². The van der Waals surface area contributed by atoms with Crippen molar-refractivity contribution in [2.45, 2.75) is 51.8 Å². The van der Waals surface area contributed by atoms with Gasteiger partial charge in [0.1, 0.15) is 0 Å². The van der Waals surface area contributed by atoms with Crippen LogP contribution in [0, 0.1) is 0 Å². The number of aryl methyl sites for hydroxylation is 1. The number of hydrogen-bond donors (Lipinski definition) is 1. The van der Waals surface area contributed by atoms with Crippen LogP contribution >= 0.6 is 0 Å². The van der Waals surface area contributed by atoms with E-state index in [2.05, 4.69) is 25.9 Å². The second-order valence-corrected chi connectivity index (χ2v) is 4.08. The Hall–Kier alpha value is -0.870. The van der Waals surface area contributed by atoms with Gasteiger partial charge in [0.05, 0.1) is 17.8 Å². The largest absolute Gasteiger partial charge is 0.376 e. The Balaban J connectivity index is 2.93. The van der Waals surface area contributed by atoms with Crippen molar-refractivity contribution < 1.29 is 4.74 Å². The van der Waals surface area contributed by atoms with Gasteiger partial charge in [0.2, 0.25) is 0 Å². The van der Waals surface area contributed by atoms with Gasteiger partial charge in [0.25, 0.3) is 0 Å². The van der Waals surface area contributed by atoms with Gasteiger partial charge < -0.3 is 10.5 Å². The SMILES string of the molecule is CCn1cc(C(N)C(CC)(CC)OC)cn1. The molecule has 4 nitrogen and oxygen atoms in total. The molecular weight excluding hydrogens is 202 g/mol. The number of rotatable bonds is 6. The fraction of sp³-hybridized carbons (Fsp3) is 0.750. The van der Waals surface area contributed by atoms with Crippen LogP contribution in [-0.2, 0) is 11.3 Å². The van der Waals surface area contributed by atoms with Crippen molar-refractivity contribution in [2.24, 2.45) is 5.73 Å². The van der Waals surface area contributed by atoms with E-state index in [0.29, 0.717) is 0 Å². The first-order valence-electron chi connectivity index (χ1n) is 5.96. The monoisotopic (exact) mass is 225 g/mol. The summed E-state index contributed by atoms with van der Waals surface area (Å²) < 4.78 is 7.52. The third kappa shape index (κ3) is 2.28. The van der Waals surface area contributed by atoms with Crippen molar-refractivity contribution in [3.63, 3.8) is 0 Å². The fourth-order valence-electron chi connectivity index (χ4n) is 2.12. The van der Waals surface area contributed by atoms with Crippen LogP contribution in [0.25, 0.3) is 0 Å². The zero-order valence-corrected chi connectivity index (χ0v) is 10.7. The van der Waals surface area contributed by atoms with E-state index in [1.807, 2.05) is 17.1 Å². The van der Waals surface area contributed by atoms with E-state index in [1.165, 1.54) is 0 Å². The van der Waals surface area contributed by atoms with Gasteiger partial charge in [-0.05, 0) is 19.8 Å².